The van der Waals surface area contributed by atoms with Crippen LogP contribution in [-0.2, 0) is 9.59 Å². The van der Waals surface area contributed by atoms with Crippen LogP contribution in [0.5, 0.6) is 11.5 Å². The van der Waals surface area contributed by atoms with Crippen molar-refractivity contribution in [3.63, 3.8) is 0 Å². The number of nitrogens with one attached hydrogen (secondary N) is 1. The predicted octanol–water partition coefficient (Wildman–Crippen LogP) is 7.58. The molecule has 0 aliphatic carbocycles. The molecule has 190 valence electrons. The van der Waals surface area contributed by atoms with Crippen molar-refractivity contribution in [1.29, 1.82) is 0 Å². The summed E-state index contributed by atoms with van der Waals surface area (Å²) in [6.45, 7) is 2.01. The van der Waals surface area contributed by atoms with Crippen molar-refractivity contribution in [2.75, 3.05) is 23.4 Å². The zero-order chi connectivity index (χ0) is 26.5. The standard InChI is InChI=1S/C26H19BrCl2N2O4S2/c1-2-34-22-10-15(6-9-21(22)35-14-24(32)30-17-5-3-4-16(28)12-17)11-23-25(33)31(26(36)37-23)18-7-8-19(27)20(29)13-18/h3-13H,2,14H2,1H3,(H,30,32)/b23-11+. The molecule has 0 bridgehead atoms. The van der Waals surface area contributed by atoms with Gasteiger partial charge in [-0.15, -0.1) is 0 Å². The maximum atomic E-state index is 13.1. The number of halogens is 3. The van der Waals surface area contributed by atoms with E-state index < -0.39 is 0 Å². The lowest BCUT2D eigenvalue weighted by Gasteiger charge is -2.15. The third-order valence-electron chi connectivity index (χ3n) is 4.99. The molecule has 4 rings (SSSR count). The summed E-state index contributed by atoms with van der Waals surface area (Å²) in [4.78, 5) is 27.4. The number of rotatable bonds is 8. The molecule has 0 aromatic heterocycles. The van der Waals surface area contributed by atoms with E-state index in [4.69, 9.17) is 44.9 Å². The number of thioether (sulfide) groups is 1. The van der Waals surface area contributed by atoms with Crippen molar-refractivity contribution in [1.82, 2.24) is 0 Å². The lowest BCUT2D eigenvalue weighted by Crippen LogP contribution is -2.27. The van der Waals surface area contributed by atoms with Crippen molar-refractivity contribution < 1.29 is 19.1 Å². The lowest BCUT2D eigenvalue weighted by molar-refractivity contribution is -0.118. The van der Waals surface area contributed by atoms with Crippen molar-refractivity contribution in [2.24, 2.45) is 0 Å². The van der Waals surface area contributed by atoms with Gasteiger partial charge in [-0.05, 0) is 83.0 Å². The Hall–Kier alpha value is -2.56. The molecule has 1 aliphatic rings. The summed E-state index contributed by atoms with van der Waals surface area (Å²) in [7, 11) is 0. The van der Waals surface area contributed by atoms with E-state index in [9.17, 15) is 9.59 Å². The van der Waals surface area contributed by atoms with Gasteiger partial charge in [-0.3, -0.25) is 14.5 Å². The second-order valence-electron chi connectivity index (χ2n) is 7.60. The lowest BCUT2D eigenvalue weighted by atomic mass is 10.1. The third kappa shape index (κ3) is 6.86. The van der Waals surface area contributed by atoms with E-state index in [0.717, 1.165) is 4.47 Å². The first-order valence-electron chi connectivity index (χ1n) is 10.9. The summed E-state index contributed by atoms with van der Waals surface area (Å²) < 4.78 is 12.6. The second-order valence-corrected chi connectivity index (χ2v) is 11.0. The summed E-state index contributed by atoms with van der Waals surface area (Å²) in [5, 5.41) is 3.73. The minimum absolute atomic E-state index is 0.222. The summed E-state index contributed by atoms with van der Waals surface area (Å²) in [5.74, 6) is 0.258. The number of nitrogens with zero attached hydrogens (tertiary/aromatic N) is 1. The Kier molecular flexibility index (Phi) is 9.15. The van der Waals surface area contributed by atoms with Crippen LogP contribution in [0, 0.1) is 0 Å². The number of amides is 2. The molecule has 0 radical (unpaired) electrons. The number of benzene rings is 3. The van der Waals surface area contributed by atoms with E-state index in [1.807, 2.05) is 6.92 Å². The van der Waals surface area contributed by atoms with Gasteiger partial charge >= 0.3 is 0 Å². The SMILES string of the molecule is CCOc1cc(/C=C2/SC(=S)N(c3ccc(Br)c(Cl)c3)C2=O)ccc1OCC(=O)Nc1cccc(Cl)c1. The van der Waals surface area contributed by atoms with Gasteiger partial charge in [-0.25, -0.2) is 0 Å². The number of thiocarbonyl (C=S) groups is 1. The predicted molar refractivity (Wildman–Crippen MR) is 158 cm³/mol. The number of anilines is 2. The molecular formula is C26H19BrCl2N2O4S2. The van der Waals surface area contributed by atoms with Crippen LogP contribution in [-0.4, -0.2) is 29.3 Å². The molecule has 1 aliphatic heterocycles. The molecule has 1 N–H and O–H groups in total. The van der Waals surface area contributed by atoms with E-state index >= 15 is 0 Å². The first-order chi connectivity index (χ1) is 17.7. The Bertz CT molecular complexity index is 1420. The molecule has 1 heterocycles. The first-order valence-corrected chi connectivity index (χ1v) is 13.7. The van der Waals surface area contributed by atoms with Crippen LogP contribution in [0.3, 0.4) is 0 Å². The monoisotopic (exact) mass is 636 g/mol. The van der Waals surface area contributed by atoms with Gasteiger partial charge in [-0.1, -0.05) is 59.3 Å². The van der Waals surface area contributed by atoms with Crippen LogP contribution in [0.15, 0.2) is 70.0 Å². The molecule has 1 saturated heterocycles. The van der Waals surface area contributed by atoms with Crippen LogP contribution in [0.1, 0.15) is 12.5 Å². The highest BCUT2D eigenvalue weighted by Crippen LogP contribution is 2.39. The minimum atomic E-state index is -0.342. The smallest absolute Gasteiger partial charge is 0.270 e. The van der Waals surface area contributed by atoms with E-state index in [1.54, 1.807) is 66.7 Å². The summed E-state index contributed by atoms with van der Waals surface area (Å²) in [5.41, 5.74) is 1.88. The Morgan fingerprint density at radius 1 is 1.11 bits per heavy atom. The van der Waals surface area contributed by atoms with Crippen molar-refractivity contribution in [3.05, 3.63) is 85.7 Å². The Morgan fingerprint density at radius 3 is 2.65 bits per heavy atom. The van der Waals surface area contributed by atoms with Gasteiger partial charge in [0, 0.05) is 15.2 Å². The molecule has 11 heteroatoms. The van der Waals surface area contributed by atoms with Gasteiger partial charge in [-0.2, -0.15) is 0 Å². The maximum Gasteiger partial charge on any atom is 0.270 e. The van der Waals surface area contributed by atoms with Gasteiger partial charge in [0.15, 0.2) is 22.4 Å². The van der Waals surface area contributed by atoms with E-state index in [1.165, 1.54) is 16.7 Å². The number of carbonyl (C=O) groups excluding carboxylic acids is 2. The van der Waals surface area contributed by atoms with Crippen LogP contribution >= 0.6 is 63.1 Å². The zero-order valence-corrected chi connectivity index (χ0v) is 24.0. The minimum Gasteiger partial charge on any atom is -0.490 e. The van der Waals surface area contributed by atoms with Crippen molar-refractivity contribution >= 4 is 96.7 Å². The number of ether oxygens (including phenoxy) is 2. The summed E-state index contributed by atoms with van der Waals surface area (Å²) >= 11 is 22.2. The number of hydrogen-bond donors (Lipinski definition) is 1. The molecule has 0 atom stereocenters. The van der Waals surface area contributed by atoms with Gasteiger partial charge < -0.3 is 14.8 Å². The number of carbonyl (C=O) groups is 2. The Morgan fingerprint density at radius 2 is 1.92 bits per heavy atom. The highest BCUT2D eigenvalue weighted by molar-refractivity contribution is 9.10. The molecule has 0 saturated carbocycles. The first kappa shape index (κ1) is 27.5. The molecule has 0 spiro atoms. The maximum absolute atomic E-state index is 13.1. The van der Waals surface area contributed by atoms with Crippen LogP contribution in [0.4, 0.5) is 11.4 Å². The summed E-state index contributed by atoms with van der Waals surface area (Å²) in [6.07, 6.45) is 1.73. The van der Waals surface area contributed by atoms with Gasteiger partial charge in [0.1, 0.15) is 0 Å². The molecule has 3 aromatic carbocycles. The fourth-order valence-corrected chi connectivity index (χ4v) is 5.29. The van der Waals surface area contributed by atoms with Gasteiger partial charge in [0.25, 0.3) is 11.8 Å². The second kappa shape index (κ2) is 12.3. The van der Waals surface area contributed by atoms with Gasteiger partial charge in [0.2, 0.25) is 0 Å². The van der Waals surface area contributed by atoms with Crippen molar-refractivity contribution in [2.45, 2.75) is 6.92 Å². The molecule has 1 fully saturated rings. The van der Waals surface area contributed by atoms with E-state index in [-0.39, 0.29) is 18.4 Å². The fraction of sp³-hybridized carbons (Fsp3) is 0.115. The Labute approximate surface area is 242 Å². The highest BCUT2D eigenvalue weighted by atomic mass is 79.9. The zero-order valence-electron chi connectivity index (χ0n) is 19.3. The largest absolute Gasteiger partial charge is 0.490 e. The fourth-order valence-electron chi connectivity index (χ4n) is 3.37. The number of hydrogen-bond acceptors (Lipinski definition) is 6. The molecular weight excluding hydrogens is 619 g/mol. The normalized spacial score (nSPS) is 14.3. The van der Waals surface area contributed by atoms with Gasteiger partial charge in [0.05, 0.1) is 22.2 Å². The topological polar surface area (TPSA) is 67.9 Å². The van der Waals surface area contributed by atoms with E-state index in [2.05, 4.69) is 21.2 Å². The molecule has 37 heavy (non-hydrogen) atoms. The molecule has 3 aromatic rings. The quantitative estimate of drug-likeness (QED) is 0.203. The Balaban J connectivity index is 1.48. The van der Waals surface area contributed by atoms with Crippen LogP contribution < -0.4 is 19.7 Å². The van der Waals surface area contributed by atoms with Crippen LogP contribution in [0.25, 0.3) is 6.08 Å². The third-order valence-corrected chi connectivity index (χ3v) is 7.76. The van der Waals surface area contributed by atoms with E-state index in [0.29, 0.717) is 54.3 Å². The molecule has 2 amide bonds. The van der Waals surface area contributed by atoms with Crippen molar-refractivity contribution in [3.8, 4) is 11.5 Å². The average Bonchev–Trinajstić information content (AvgIpc) is 3.13. The van der Waals surface area contributed by atoms with Crippen LogP contribution in [0.2, 0.25) is 10.0 Å². The average molecular weight is 638 g/mol. The summed E-state index contributed by atoms with van der Waals surface area (Å²) in [6, 6.07) is 17.3. The molecule has 6 nitrogen and oxygen atoms in total. The highest BCUT2D eigenvalue weighted by Gasteiger charge is 2.33. The molecule has 0 unspecified atom stereocenters.